The van der Waals surface area contributed by atoms with E-state index in [0.717, 1.165) is 0 Å². The highest BCUT2D eigenvalue weighted by atomic mass is 16.2. The van der Waals surface area contributed by atoms with Crippen LogP contribution in [0.1, 0.15) is 24.2 Å². The Hall–Kier alpha value is -2.04. The number of carbonyl (C=O) groups excluding carboxylic acids is 2. The second kappa shape index (κ2) is 6.05. The Bertz CT molecular complexity index is 444. The van der Waals surface area contributed by atoms with Crippen LogP contribution in [-0.2, 0) is 4.79 Å². The summed E-state index contributed by atoms with van der Waals surface area (Å²) in [5.74, 6) is -0.487. The molecule has 0 aliphatic rings. The number of likely N-dealkylation sites (N-methyl/N-ethyl adjacent to an activating group) is 1. The van der Waals surface area contributed by atoms with Crippen LogP contribution in [0.15, 0.2) is 24.3 Å². The number of nitrogens with two attached hydrogens (primary N) is 1. The van der Waals surface area contributed by atoms with Gasteiger partial charge in [-0.15, -0.1) is 0 Å². The molecule has 0 aliphatic heterocycles. The first-order valence-corrected chi connectivity index (χ1v) is 5.81. The predicted octanol–water partition coefficient (Wildman–Crippen LogP) is 1.06. The third-order valence-corrected chi connectivity index (χ3v) is 2.76. The van der Waals surface area contributed by atoms with E-state index in [-0.39, 0.29) is 18.5 Å². The highest BCUT2D eigenvalue weighted by Crippen LogP contribution is 2.10. The van der Waals surface area contributed by atoms with Crippen molar-refractivity contribution >= 4 is 17.5 Å². The fourth-order valence-electron chi connectivity index (χ4n) is 1.37. The Morgan fingerprint density at radius 3 is 2.61 bits per heavy atom. The van der Waals surface area contributed by atoms with Gasteiger partial charge in [0, 0.05) is 24.3 Å². The molecular formula is C13H19N3O2. The van der Waals surface area contributed by atoms with Crippen molar-refractivity contribution in [3.05, 3.63) is 29.8 Å². The first-order valence-electron chi connectivity index (χ1n) is 5.81. The highest BCUT2D eigenvalue weighted by molar-refractivity contribution is 5.93. The minimum atomic E-state index is -0.482. The van der Waals surface area contributed by atoms with Crippen LogP contribution >= 0.6 is 0 Å². The third-order valence-electron chi connectivity index (χ3n) is 2.76. The van der Waals surface area contributed by atoms with Gasteiger partial charge in [-0.3, -0.25) is 9.59 Å². The highest BCUT2D eigenvalue weighted by Gasteiger charge is 2.11. The molecular weight excluding hydrogens is 230 g/mol. The number of rotatable bonds is 5. The second-order valence-corrected chi connectivity index (χ2v) is 4.40. The van der Waals surface area contributed by atoms with Crippen LogP contribution < -0.4 is 11.1 Å². The fourth-order valence-corrected chi connectivity index (χ4v) is 1.37. The van der Waals surface area contributed by atoms with Crippen molar-refractivity contribution in [2.45, 2.75) is 19.9 Å². The lowest BCUT2D eigenvalue weighted by molar-refractivity contribution is -0.129. The van der Waals surface area contributed by atoms with E-state index in [9.17, 15) is 9.59 Å². The molecule has 0 saturated heterocycles. The molecule has 0 spiro atoms. The van der Waals surface area contributed by atoms with E-state index in [2.05, 4.69) is 5.32 Å². The summed E-state index contributed by atoms with van der Waals surface area (Å²) in [6.07, 6.45) is 0. The number of hydrogen-bond acceptors (Lipinski definition) is 3. The number of benzene rings is 1. The second-order valence-electron chi connectivity index (χ2n) is 4.40. The summed E-state index contributed by atoms with van der Waals surface area (Å²) >= 11 is 0. The number of nitrogens with zero attached hydrogens (tertiary/aromatic N) is 1. The van der Waals surface area contributed by atoms with Crippen LogP contribution in [0.2, 0.25) is 0 Å². The van der Waals surface area contributed by atoms with Gasteiger partial charge in [-0.05, 0) is 32.0 Å². The number of nitrogens with one attached hydrogen (secondary N) is 1. The van der Waals surface area contributed by atoms with E-state index in [0.29, 0.717) is 11.3 Å². The number of amides is 2. The standard InChI is InChI=1S/C13H19N3O2/c1-9(2)16(3)12(17)8-15-11-6-4-5-10(7-11)13(14)18/h4-7,9,15H,8H2,1-3H3,(H2,14,18). The predicted molar refractivity (Wildman–Crippen MR) is 71.4 cm³/mol. The van der Waals surface area contributed by atoms with E-state index < -0.39 is 5.91 Å². The van der Waals surface area contributed by atoms with Crippen LogP contribution in [0.4, 0.5) is 5.69 Å². The van der Waals surface area contributed by atoms with Crippen LogP contribution in [0.3, 0.4) is 0 Å². The average Bonchev–Trinajstić information content (AvgIpc) is 2.35. The van der Waals surface area contributed by atoms with Crippen molar-refractivity contribution in [2.75, 3.05) is 18.9 Å². The van der Waals surface area contributed by atoms with Gasteiger partial charge >= 0.3 is 0 Å². The topological polar surface area (TPSA) is 75.4 Å². The molecule has 5 nitrogen and oxygen atoms in total. The van der Waals surface area contributed by atoms with Gasteiger partial charge in [-0.1, -0.05) is 6.07 Å². The summed E-state index contributed by atoms with van der Waals surface area (Å²) in [6, 6.07) is 6.94. The summed E-state index contributed by atoms with van der Waals surface area (Å²) in [4.78, 5) is 24.4. The van der Waals surface area contributed by atoms with Crippen molar-refractivity contribution in [1.29, 1.82) is 0 Å². The van der Waals surface area contributed by atoms with Crippen LogP contribution in [0.25, 0.3) is 0 Å². The first-order chi connectivity index (χ1) is 8.41. The van der Waals surface area contributed by atoms with Gasteiger partial charge in [0.05, 0.1) is 6.54 Å². The van der Waals surface area contributed by atoms with Crippen molar-refractivity contribution in [3.8, 4) is 0 Å². The number of carbonyl (C=O) groups is 2. The van der Waals surface area contributed by atoms with Crippen LogP contribution in [-0.4, -0.2) is 36.3 Å². The maximum atomic E-state index is 11.7. The Labute approximate surface area is 107 Å². The van der Waals surface area contributed by atoms with Gasteiger partial charge < -0.3 is 16.0 Å². The molecule has 0 aliphatic carbocycles. The smallest absolute Gasteiger partial charge is 0.248 e. The molecule has 0 aromatic heterocycles. The van der Waals surface area contributed by atoms with Gasteiger partial charge in [0.2, 0.25) is 11.8 Å². The minimum absolute atomic E-state index is 0.00511. The zero-order valence-corrected chi connectivity index (χ0v) is 10.9. The molecule has 3 N–H and O–H groups in total. The molecule has 0 radical (unpaired) electrons. The van der Waals surface area contributed by atoms with Crippen molar-refractivity contribution in [3.63, 3.8) is 0 Å². The van der Waals surface area contributed by atoms with Gasteiger partial charge in [0.15, 0.2) is 0 Å². The first kappa shape index (κ1) is 14.0. The molecule has 0 fully saturated rings. The summed E-state index contributed by atoms with van der Waals surface area (Å²) < 4.78 is 0. The number of hydrogen-bond donors (Lipinski definition) is 2. The van der Waals surface area contributed by atoms with Gasteiger partial charge in [0.1, 0.15) is 0 Å². The molecule has 5 heteroatoms. The van der Waals surface area contributed by atoms with E-state index in [1.165, 1.54) is 0 Å². The maximum Gasteiger partial charge on any atom is 0.248 e. The molecule has 0 bridgehead atoms. The molecule has 0 unspecified atom stereocenters. The maximum absolute atomic E-state index is 11.7. The zero-order valence-electron chi connectivity index (χ0n) is 10.9. The lowest BCUT2D eigenvalue weighted by Crippen LogP contribution is -2.37. The molecule has 0 saturated carbocycles. The lowest BCUT2D eigenvalue weighted by atomic mass is 10.2. The molecule has 1 aromatic rings. The molecule has 98 valence electrons. The minimum Gasteiger partial charge on any atom is -0.376 e. The third kappa shape index (κ3) is 3.76. The van der Waals surface area contributed by atoms with Crippen molar-refractivity contribution in [1.82, 2.24) is 4.90 Å². The fraction of sp³-hybridized carbons (Fsp3) is 0.385. The Balaban J connectivity index is 2.61. The van der Waals surface area contributed by atoms with Gasteiger partial charge in [-0.25, -0.2) is 0 Å². The van der Waals surface area contributed by atoms with Gasteiger partial charge in [0.25, 0.3) is 0 Å². The molecule has 0 heterocycles. The Kier molecular flexibility index (Phi) is 4.71. The van der Waals surface area contributed by atoms with E-state index in [1.807, 2.05) is 13.8 Å². The van der Waals surface area contributed by atoms with Crippen LogP contribution in [0.5, 0.6) is 0 Å². The molecule has 0 atom stereocenters. The largest absolute Gasteiger partial charge is 0.376 e. The van der Waals surface area contributed by atoms with Crippen molar-refractivity contribution in [2.24, 2.45) is 5.73 Å². The van der Waals surface area contributed by atoms with Crippen LogP contribution in [0, 0.1) is 0 Å². The summed E-state index contributed by atoms with van der Waals surface area (Å²) in [5, 5.41) is 2.98. The molecule has 2 amide bonds. The summed E-state index contributed by atoms with van der Waals surface area (Å²) in [5.41, 5.74) is 6.31. The van der Waals surface area contributed by atoms with Crippen molar-refractivity contribution < 1.29 is 9.59 Å². The van der Waals surface area contributed by atoms with E-state index >= 15 is 0 Å². The molecule has 18 heavy (non-hydrogen) atoms. The SMILES string of the molecule is CC(C)N(C)C(=O)CNc1cccc(C(N)=O)c1. The lowest BCUT2D eigenvalue weighted by Gasteiger charge is -2.21. The summed E-state index contributed by atoms with van der Waals surface area (Å²) in [6.45, 7) is 4.09. The average molecular weight is 249 g/mol. The number of anilines is 1. The summed E-state index contributed by atoms with van der Waals surface area (Å²) in [7, 11) is 1.76. The monoisotopic (exact) mass is 249 g/mol. The van der Waals surface area contributed by atoms with E-state index in [1.54, 1.807) is 36.2 Å². The quantitative estimate of drug-likeness (QED) is 0.819. The molecule has 1 aromatic carbocycles. The normalized spacial score (nSPS) is 10.2. The zero-order chi connectivity index (χ0) is 13.7. The molecule has 1 rings (SSSR count). The number of primary amides is 1. The van der Waals surface area contributed by atoms with Gasteiger partial charge in [-0.2, -0.15) is 0 Å². The Morgan fingerprint density at radius 2 is 2.06 bits per heavy atom. The van der Waals surface area contributed by atoms with E-state index in [4.69, 9.17) is 5.73 Å². The Morgan fingerprint density at radius 1 is 1.39 bits per heavy atom.